The Labute approximate surface area is 133 Å². The number of aromatic nitrogens is 3. The maximum absolute atomic E-state index is 12.7. The molecule has 116 valence electrons. The number of fused-ring (bicyclic) bond motifs is 1. The highest BCUT2D eigenvalue weighted by Crippen LogP contribution is 2.28. The first-order chi connectivity index (χ1) is 10.7. The van der Waals surface area contributed by atoms with Gasteiger partial charge in [0.2, 0.25) is 0 Å². The SMILES string of the molecule is Cn1nc(C(=O)N2CCCC2)c2c1CN(Cc1nccs1)C2. The Kier molecular flexibility index (Phi) is 3.46. The topological polar surface area (TPSA) is 54.3 Å². The molecule has 0 atom stereocenters. The molecule has 1 fully saturated rings. The smallest absolute Gasteiger partial charge is 0.274 e. The molecular weight excluding hydrogens is 298 g/mol. The van der Waals surface area contributed by atoms with Crippen LogP contribution in [0.4, 0.5) is 0 Å². The minimum Gasteiger partial charge on any atom is -0.337 e. The summed E-state index contributed by atoms with van der Waals surface area (Å²) in [5, 5.41) is 7.62. The fourth-order valence-corrected chi connectivity index (χ4v) is 3.99. The van der Waals surface area contributed by atoms with E-state index >= 15 is 0 Å². The second-order valence-electron chi connectivity index (χ2n) is 5.97. The predicted octanol–water partition coefficient (Wildman–Crippen LogP) is 1.63. The van der Waals surface area contributed by atoms with E-state index in [-0.39, 0.29) is 5.91 Å². The van der Waals surface area contributed by atoms with Gasteiger partial charge in [0.1, 0.15) is 5.01 Å². The van der Waals surface area contributed by atoms with E-state index in [0.29, 0.717) is 5.69 Å². The van der Waals surface area contributed by atoms with Crippen LogP contribution in [-0.2, 0) is 26.7 Å². The van der Waals surface area contributed by atoms with E-state index in [1.807, 2.05) is 28.2 Å². The van der Waals surface area contributed by atoms with Crippen molar-refractivity contribution in [2.24, 2.45) is 7.05 Å². The summed E-state index contributed by atoms with van der Waals surface area (Å²) in [5.74, 6) is 0.102. The second kappa shape index (κ2) is 5.48. The quantitative estimate of drug-likeness (QED) is 0.863. The van der Waals surface area contributed by atoms with Gasteiger partial charge in [0.25, 0.3) is 5.91 Å². The number of nitrogens with zero attached hydrogens (tertiary/aromatic N) is 5. The number of likely N-dealkylation sites (tertiary alicyclic amines) is 1. The number of hydrogen-bond acceptors (Lipinski definition) is 5. The molecule has 6 nitrogen and oxygen atoms in total. The average Bonchev–Trinajstić information content (AvgIpc) is 3.25. The number of hydrogen-bond donors (Lipinski definition) is 0. The average molecular weight is 317 g/mol. The fourth-order valence-electron chi connectivity index (χ4n) is 3.33. The molecule has 0 radical (unpaired) electrons. The van der Waals surface area contributed by atoms with Crippen LogP contribution >= 0.6 is 11.3 Å². The number of carbonyl (C=O) groups excluding carboxylic acids is 1. The fraction of sp³-hybridized carbons (Fsp3) is 0.533. The first-order valence-corrected chi connectivity index (χ1v) is 8.55. The van der Waals surface area contributed by atoms with Crippen molar-refractivity contribution in [3.8, 4) is 0 Å². The van der Waals surface area contributed by atoms with Crippen molar-refractivity contribution in [3.05, 3.63) is 33.5 Å². The van der Waals surface area contributed by atoms with Crippen LogP contribution in [-0.4, -0.2) is 43.6 Å². The Balaban J connectivity index is 1.55. The Morgan fingerprint density at radius 2 is 2.14 bits per heavy atom. The Morgan fingerprint density at radius 1 is 1.32 bits per heavy atom. The highest BCUT2D eigenvalue weighted by Gasteiger charge is 2.32. The molecule has 0 aromatic carbocycles. The minimum atomic E-state index is 0.102. The van der Waals surface area contributed by atoms with Crippen LogP contribution < -0.4 is 0 Å². The van der Waals surface area contributed by atoms with Crippen molar-refractivity contribution >= 4 is 17.2 Å². The molecule has 2 aromatic heterocycles. The molecular formula is C15H19N5OS. The number of carbonyl (C=O) groups is 1. The van der Waals surface area contributed by atoms with Gasteiger partial charge in [-0.15, -0.1) is 11.3 Å². The van der Waals surface area contributed by atoms with Crippen molar-refractivity contribution in [2.45, 2.75) is 32.5 Å². The lowest BCUT2D eigenvalue weighted by Gasteiger charge is -2.16. The summed E-state index contributed by atoms with van der Waals surface area (Å²) in [6.45, 7) is 4.20. The summed E-state index contributed by atoms with van der Waals surface area (Å²) in [5.41, 5.74) is 2.93. The molecule has 4 rings (SSSR count). The molecule has 0 saturated carbocycles. The highest BCUT2D eigenvalue weighted by molar-refractivity contribution is 7.09. The lowest BCUT2D eigenvalue weighted by molar-refractivity contribution is 0.0784. The first-order valence-electron chi connectivity index (χ1n) is 7.67. The van der Waals surface area contributed by atoms with E-state index in [4.69, 9.17) is 0 Å². The minimum absolute atomic E-state index is 0.102. The van der Waals surface area contributed by atoms with E-state index in [0.717, 1.165) is 56.1 Å². The van der Waals surface area contributed by atoms with Gasteiger partial charge in [-0.05, 0) is 12.8 Å². The second-order valence-corrected chi connectivity index (χ2v) is 6.95. The molecule has 4 heterocycles. The van der Waals surface area contributed by atoms with Gasteiger partial charge in [-0.25, -0.2) is 4.98 Å². The van der Waals surface area contributed by atoms with Crippen molar-refractivity contribution in [1.82, 2.24) is 24.6 Å². The van der Waals surface area contributed by atoms with Crippen molar-refractivity contribution in [3.63, 3.8) is 0 Å². The monoisotopic (exact) mass is 317 g/mol. The van der Waals surface area contributed by atoms with E-state index in [9.17, 15) is 4.79 Å². The molecule has 2 aliphatic heterocycles. The Hall–Kier alpha value is -1.73. The molecule has 1 amide bonds. The summed E-state index contributed by atoms with van der Waals surface area (Å²) in [4.78, 5) is 21.3. The number of rotatable bonds is 3. The predicted molar refractivity (Wildman–Crippen MR) is 83.4 cm³/mol. The zero-order valence-electron chi connectivity index (χ0n) is 12.7. The standard InChI is InChI=1S/C15H19N5OS/c1-18-12-9-19(10-13-16-4-7-22-13)8-11(12)14(17-18)15(21)20-5-2-3-6-20/h4,7H,2-3,5-6,8-10H2,1H3. The summed E-state index contributed by atoms with van der Waals surface area (Å²) >= 11 is 1.68. The van der Waals surface area contributed by atoms with Crippen LogP contribution in [0.1, 0.15) is 39.6 Å². The van der Waals surface area contributed by atoms with Gasteiger partial charge < -0.3 is 4.90 Å². The lowest BCUT2D eigenvalue weighted by Crippen LogP contribution is -2.29. The van der Waals surface area contributed by atoms with Gasteiger partial charge in [0.05, 0.1) is 12.2 Å². The maximum atomic E-state index is 12.7. The molecule has 0 bridgehead atoms. The van der Waals surface area contributed by atoms with Crippen LogP contribution in [0.15, 0.2) is 11.6 Å². The van der Waals surface area contributed by atoms with Gasteiger partial charge in [0, 0.05) is 50.4 Å². The summed E-state index contributed by atoms with van der Waals surface area (Å²) in [7, 11) is 1.94. The third-order valence-electron chi connectivity index (χ3n) is 4.47. The Morgan fingerprint density at radius 3 is 2.86 bits per heavy atom. The number of thiazole rings is 1. The highest BCUT2D eigenvalue weighted by atomic mass is 32.1. The molecule has 22 heavy (non-hydrogen) atoms. The van der Waals surface area contributed by atoms with Crippen molar-refractivity contribution in [2.75, 3.05) is 13.1 Å². The zero-order chi connectivity index (χ0) is 15.1. The summed E-state index contributed by atoms with van der Waals surface area (Å²) in [6.07, 6.45) is 4.06. The maximum Gasteiger partial charge on any atom is 0.274 e. The van der Waals surface area contributed by atoms with E-state index in [1.54, 1.807) is 11.3 Å². The van der Waals surface area contributed by atoms with Gasteiger partial charge in [-0.2, -0.15) is 5.10 Å². The van der Waals surface area contributed by atoms with Crippen LogP contribution in [0.2, 0.25) is 0 Å². The zero-order valence-corrected chi connectivity index (χ0v) is 13.5. The van der Waals surface area contributed by atoms with Crippen LogP contribution in [0.25, 0.3) is 0 Å². The van der Waals surface area contributed by atoms with Crippen molar-refractivity contribution in [1.29, 1.82) is 0 Å². The van der Waals surface area contributed by atoms with Gasteiger partial charge >= 0.3 is 0 Å². The van der Waals surface area contributed by atoms with E-state index in [1.165, 1.54) is 5.69 Å². The van der Waals surface area contributed by atoms with Crippen LogP contribution in [0.5, 0.6) is 0 Å². The molecule has 0 N–H and O–H groups in total. The van der Waals surface area contributed by atoms with Crippen LogP contribution in [0.3, 0.4) is 0 Å². The molecule has 0 aliphatic carbocycles. The van der Waals surface area contributed by atoms with Crippen LogP contribution in [0, 0.1) is 0 Å². The molecule has 2 aliphatic rings. The van der Waals surface area contributed by atoms with Crippen molar-refractivity contribution < 1.29 is 4.79 Å². The third kappa shape index (κ3) is 2.34. The lowest BCUT2D eigenvalue weighted by atomic mass is 10.2. The largest absolute Gasteiger partial charge is 0.337 e. The van der Waals surface area contributed by atoms with E-state index in [2.05, 4.69) is 15.0 Å². The molecule has 2 aromatic rings. The molecule has 7 heteroatoms. The molecule has 0 spiro atoms. The van der Waals surface area contributed by atoms with Gasteiger partial charge in [-0.3, -0.25) is 14.4 Å². The summed E-state index contributed by atoms with van der Waals surface area (Å²) in [6, 6.07) is 0. The van der Waals surface area contributed by atoms with Gasteiger partial charge in [-0.1, -0.05) is 0 Å². The summed E-state index contributed by atoms with van der Waals surface area (Å²) < 4.78 is 1.88. The van der Waals surface area contributed by atoms with E-state index < -0.39 is 0 Å². The molecule has 1 saturated heterocycles. The first kappa shape index (κ1) is 13.9. The molecule has 0 unspecified atom stereocenters. The normalized spacial score (nSPS) is 18.1. The van der Waals surface area contributed by atoms with Gasteiger partial charge in [0.15, 0.2) is 5.69 Å². The third-order valence-corrected chi connectivity index (χ3v) is 5.23. The number of aryl methyl sites for hydroxylation is 1. The number of amides is 1. The Bertz CT molecular complexity index is 687.